The molecule has 0 spiro atoms. The molecule has 166 valence electrons. The van der Waals surface area contributed by atoms with Crippen LogP contribution in [0.15, 0.2) is 41.3 Å². The number of aromatic nitrogens is 3. The lowest BCUT2D eigenvalue weighted by Crippen LogP contribution is -2.55. The third kappa shape index (κ3) is 2.95. The van der Waals surface area contributed by atoms with Crippen molar-refractivity contribution in [1.29, 1.82) is 0 Å². The quantitative estimate of drug-likeness (QED) is 0.417. The number of aromatic amines is 1. The van der Waals surface area contributed by atoms with E-state index in [9.17, 15) is 20.0 Å². The van der Waals surface area contributed by atoms with Gasteiger partial charge in [0.05, 0.1) is 22.2 Å². The fraction of sp³-hybridized carbons (Fsp3) is 0.478. The Balaban J connectivity index is 1.46. The molecule has 9 heteroatoms. The molecule has 4 aliphatic carbocycles. The van der Waals surface area contributed by atoms with Gasteiger partial charge >= 0.3 is 11.4 Å². The van der Waals surface area contributed by atoms with Gasteiger partial charge in [0.2, 0.25) is 5.82 Å². The number of nitro groups is 1. The lowest BCUT2D eigenvalue weighted by Gasteiger charge is -2.58. The van der Waals surface area contributed by atoms with Crippen LogP contribution in [0.3, 0.4) is 0 Å². The number of nitrogens with zero attached hydrogens (tertiary/aromatic N) is 3. The van der Waals surface area contributed by atoms with Gasteiger partial charge in [0.1, 0.15) is 0 Å². The van der Waals surface area contributed by atoms with E-state index in [0.717, 1.165) is 24.8 Å². The molecule has 0 saturated heterocycles. The van der Waals surface area contributed by atoms with Crippen LogP contribution in [0.4, 0.5) is 11.5 Å². The molecule has 32 heavy (non-hydrogen) atoms. The van der Waals surface area contributed by atoms with Gasteiger partial charge in [-0.2, -0.15) is 0 Å². The second kappa shape index (κ2) is 6.90. The Bertz CT molecular complexity index is 1250. The van der Waals surface area contributed by atoms with Crippen molar-refractivity contribution in [2.24, 2.45) is 17.8 Å². The average Bonchev–Trinajstić information content (AvgIpc) is 3.07. The van der Waals surface area contributed by atoms with Crippen LogP contribution in [0.5, 0.6) is 0 Å². The molecule has 0 amide bonds. The summed E-state index contributed by atoms with van der Waals surface area (Å²) in [5.74, 6) is 0.934. The van der Waals surface area contributed by atoms with Gasteiger partial charge < -0.3 is 15.4 Å². The van der Waals surface area contributed by atoms with Gasteiger partial charge in [-0.25, -0.2) is 9.78 Å². The molecule has 2 heterocycles. The second-order valence-corrected chi connectivity index (χ2v) is 9.80. The van der Waals surface area contributed by atoms with Crippen molar-refractivity contribution < 1.29 is 10.0 Å². The van der Waals surface area contributed by atoms with Crippen LogP contribution in [-0.4, -0.2) is 30.2 Å². The first-order valence-corrected chi connectivity index (χ1v) is 11.2. The zero-order valence-electron chi connectivity index (χ0n) is 17.5. The van der Waals surface area contributed by atoms with Gasteiger partial charge in [0, 0.05) is 12.6 Å². The van der Waals surface area contributed by atoms with Crippen LogP contribution in [0.25, 0.3) is 11.0 Å². The van der Waals surface area contributed by atoms with E-state index in [0.29, 0.717) is 36.3 Å². The molecule has 4 bridgehead atoms. The fourth-order valence-corrected chi connectivity index (χ4v) is 6.85. The number of rotatable bonds is 5. The minimum atomic E-state index is -0.640. The van der Waals surface area contributed by atoms with E-state index in [1.54, 1.807) is 4.57 Å². The number of fused-ring (bicyclic) bond motifs is 1. The summed E-state index contributed by atoms with van der Waals surface area (Å²) < 4.78 is 1.61. The summed E-state index contributed by atoms with van der Waals surface area (Å²) in [4.78, 5) is 31.9. The number of imidazole rings is 1. The molecule has 3 N–H and O–H groups in total. The van der Waals surface area contributed by atoms with Crippen molar-refractivity contribution in [3.8, 4) is 0 Å². The molecule has 9 nitrogen and oxygen atoms in total. The van der Waals surface area contributed by atoms with Gasteiger partial charge in [-0.05, 0) is 55.4 Å². The summed E-state index contributed by atoms with van der Waals surface area (Å²) in [6.45, 7) is 0.387. The van der Waals surface area contributed by atoms with Crippen molar-refractivity contribution in [1.82, 2.24) is 14.5 Å². The van der Waals surface area contributed by atoms with Crippen molar-refractivity contribution >= 4 is 22.5 Å². The highest BCUT2D eigenvalue weighted by Crippen LogP contribution is 2.60. The Morgan fingerprint density at radius 2 is 1.94 bits per heavy atom. The van der Waals surface area contributed by atoms with E-state index in [1.165, 1.54) is 6.20 Å². The summed E-state index contributed by atoms with van der Waals surface area (Å²) in [6, 6.07) is 9.46. The highest BCUT2D eigenvalue weighted by Gasteiger charge is 2.56. The monoisotopic (exact) mass is 435 g/mol. The molecule has 2 unspecified atom stereocenters. The van der Waals surface area contributed by atoms with Gasteiger partial charge in [-0.15, -0.1) is 0 Å². The Hall–Kier alpha value is -3.20. The summed E-state index contributed by atoms with van der Waals surface area (Å²) in [5.41, 5.74) is 0.497. The van der Waals surface area contributed by atoms with Gasteiger partial charge in [-0.1, -0.05) is 30.3 Å². The number of anilines is 1. The van der Waals surface area contributed by atoms with Crippen molar-refractivity contribution in [2.75, 3.05) is 5.32 Å². The molecular weight excluding hydrogens is 410 g/mol. The van der Waals surface area contributed by atoms with Gasteiger partial charge in [0.25, 0.3) is 0 Å². The predicted molar refractivity (Wildman–Crippen MR) is 118 cm³/mol. The third-order valence-corrected chi connectivity index (χ3v) is 7.70. The fourth-order valence-electron chi connectivity index (χ4n) is 6.85. The zero-order valence-corrected chi connectivity index (χ0v) is 17.5. The molecule has 0 radical (unpaired) electrons. The Morgan fingerprint density at radius 1 is 1.22 bits per heavy atom. The van der Waals surface area contributed by atoms with Gasteiger partial charge in [-0.3, -0.25) is 14.7 Å². The molecule has 2 atom stereocenters. The maximum atomic E-state index is 13.1. The van der Waals surface area contributed by atoms with Crippen LogP contribution in [0.1, 0.15) is 43.7 Å². The summed E-state index contributed by atoms with van der Waals surface area (Å²) in [7, 11) is 0. The van der Waals surface area contributed by atoms with E-state index in [-0.39, 0.29) is 35.1 Å². The molecule has 1 aromatic carbocycles. The first-order chi connectivity index (χ1) is 15.4. The number of H-pyrrole nitrogens is 1. The minimum absolute atomic E-state index is 0.142. The number of aliphatic hydroxyl groups is 1. The molecule has 7 rings (SSSR count). The van der Waals surface area contributed by atoms with Gasteiger partial charge in [0.15, 0.2) is 5.52 Å². The number of nitrogens with one attached hydrogen (secondary N) is 2. The van der Waals surface area contributed by atoms with Crippen LogP contribution < -0.4 is 11.0 Å². The summed E-state index contributed by atoms with van der Waals surface area (Å²) in [5, 5.41) is 26.2. The van der Waals surface area contributed by atoms with E-state index >= 15 is 0 Å². The lowest BCUT2D eigenvalue weighted by molar-refractivity contribution is -0.382. The van der Waals surface area contributed by atoms with Crippen LogP contribution >= 0.6 is 0 Å². The molecule has 4 fully saturated rings. The molecule has 2 aromatic heterocycles. The predicted octanol–water partition coefficient (Wildman–Crippen LogP) is 3.36. The Labute approximate surface area is 183 Å². The van der Waals surface area contributed by atoms with E-state index in [2.05, 4.69) is 15.3 Å². The highest BCUT2D eigenvalue weighted by molar-refractivity contribution is 5.90. The zero-order chi connectivity index (χ0) is 22.0. The number of hydrogen-bond donors (Lipinski definition) is 3. The Morgan fingerprint density at radius 3 is 2.59 bits per heavy atom. The topological polar surface area (TPSA) is 126 Å². The smallest absolute Gasteiger partial charge is 0.337 e. The summed E-state index contributed by atoms with van der Waals surface area (Å²) in [6.07, 6.45) is 5.56. The average molecular weight is 435 g/mol. The molecule has 3 aromatic rings. The lowest BCUT2D eigenvalue weighted by atomic mass is 9.52. The maximum absolute atomic E-state index is 13.1. The first-order valence-electron chi connectivity index (χ1n) is 11.2. The van der Waals surface area contributed by atoms with E-state index in [1.807, 2.05) is 30.3 Å². The maximum Gasteiger partial charge on any atom is 0.337 e. The Kier molecular flexibility index (Phi) is 4.20. The molecule has 0 aliphatic heterocycles. The normalized spacial score (nSPS) is 30.7. The highest BCUT2D eigenvalue weighted by atomic mass is 16.6. The van der Waals surface area contributed by atoms with E-state index in [4.69, 9.17) is 0 Å². The third-order valence-electron chi connectivity index (χ3n) is 7.70. The van der Waals surface area contributed by atoms with Crippen LogP contribution in [0.2, 0.25) is 0 Å². The molecule has 4 aliphatic rings. The SMILES string of the molecule is O=c1[nH]c2cnc(NCc3ccccc3)c([N+](=O)[O-])c2n1C1C2CC3CC1CC(O)(C3)C2. The largest absolute Gasteiger partial charge is 0.390 e. The number of benzene rings is 1. The summed E-state index contributed by atoms with van der Waals surface area (Å²) >= 11 is 0. The standard InChI is InChI=1S/C23H25N5O4/c29-22-26-17-12-25-21(24-11-13-4-2-1-3-5-13)20(28(31)32)19(17)27(22)18-15-6-14-7-16(18)10-23(30,8-14)9-15/h1-5,12,14-16,18,30H,6-11H2,(H,24,25)(H,26,29). The first kappa shape index (κ1) is 19.5. The van der Waals surface area contributed by atoms with E-state index < -0.39 is 10.5 Å². The number of hydrogen-bond acceptors (Lipinski definition) is 6. The second-order valence-electron chi connectivity index (χ2n) is 9.80. The van der Waals surface area contributed by atoms with Crippen molar-refractivity contribution in [3.63, 3.8) is 0 Å². The number of pyridine rings is 1. The molecular formula is C23H25N5O4. The van der Waals surface area contributed by atoms with Crippen molar-refractivity contribution in [3.05, 3.63) is 62.7 Å². The van der Waals surface area contributed by atoms with Crippen LogP contribution in [0, 0.1) is 27.9 Å². The minimum Gasteiger partial charge on any atom is -0.390 e. The van der Waals surface area contributed by atoms with Crippen molar-refractivity contribution in [2.45, 2.75) is 50.3 Å². The molecule has 4 saturated carbocycles. The van der Waals surface area contributed by atoms with Crippen LogP contribution in [-0.2, 0) is 6.54 Å².